The van der Waals surface area contributed by atoms with Crippen molar-refractivity contribution in [1.82, 2.24) is 14.5 Å². The van der Waals surface area contributed by atoms with E-state index in [-0.39, 0.29) is 5.56 Å². The summed E-state index contributed by atoms with van der Waals surface area (Å²) in [5, 5.41) is 0.913. The molecule has 0 spiro atoms. The van der Waals surface area contributed by atoms with Gasteiger partial charge in [0.1, 0.15) is 6.54 Å². The normalized spacial score (nSPS) is 18.3. The maximum absolute atomic E-state index is 13.0. The highest BCUT2D eigenvalue weighted by molar-refractivity contribution is 6.03. The molecule has 7 nitrogen and oxygen atoms in total. The summed E-state index contributed by atoms with van der Waals surface area (Å²) >= 11 is 0. The molecule has 27 heavy (non-hydrogen) atoms. The number of aromatic amines is 2. The Balaban J connectivity index is 1.69. The number of methoxy groups -OCH3 is 2. The van der Waals surface area contributed by atoms with Crippen LogP contribution in [0.5, 0.6) is 11.5 Å². The number of aromatic nitrogens is 3. The van der Waals surface area contributed by atoms with Gasteiger partial charge in [0.05, 0.1) is 25.1 Å². The topological polar surface area (TPSA) is 73.6 Å². The van der Waals surface area contributed by atoms with E-state index in [9.17, 15) is 4.79 Å². The molecule has 3 aromatic rings. The van der Waals surface area contributed by atoms with Crippen molar-refractivity contribution in [2.45, 2.75) is 38.8 Å². The van der Waals surface area contributed by atoms with Gasteiger partial charge in [-0.25, -0.2) is 9.78 Å². The van der Waals surface area contributed by atoms with E-state index >= 15 is 0 Å². The van der Waals surface area contributed by atoms with E-state index in [0.717, 1.165) is 29.5 Å². The highest BCUT2D eigenvalue weighted by Gasteiger charge is 2.21. The Kier molecular flexibility index (Phi) is 4.78. The number of rotatable bonds is 5. The number of nitrogens with one attached hydrogen (secondary N) is 2. The van der Waals surface area contributed by atoms with Gasteiger partial charge in [-0.1, -0.05) is 6.42 Å². The minimum atomic E-state index is -0.0115. The highest BCUT2D eigenvalue weighted by Crippen LogP contribution is 2.33. The summed E-state index contributed by atoms with van der Waals surface area (Å²) in [6.07, 6.45) is 5.57. The van der Waals surface area contributed by atoms with Gasteiger partial charge in [-0.3, -0.25) is 4.90 Å². The van der Waals surface area contributed by atoms with Crippen molar-refractivity contribution >= 4 is 21.9 Å². The van der Waals surface area contributed by atoms with Gasteiger partial charge in [-0.15, -0.1) is 0 Å². The molecule has 0 saturated carbocycles. The molecule has 4 rings (SSSR count). The van der Waals surface area contributed by atoms with Crippen molar-refractivity contribution in [3.05, 3.63) is 28.8 Å². The van der Waals surface area contributed by atoms with Crippen molar-refractivity contribution in [2.24, 2.45) is 0 Å². The van der Waals surface area contributed by atoms with E-state index in [1.165, 1.54) is 19.3 Å². The van der Waals surface area contributed by atoms with Gasteiger partial charge in [-0.05, 0) is 32.4 Å². The van der Waals surface area contributed by atoms with Gasteiger partial charge in [0, 0.05) is 18.7 Å². The van der Waals surface area contributed by atoms with Crippen LogP contribution in [-0.4, -0.2) is 47.8 Å². The summed E-state index contributed by atoms with van der Waals surface area (Å²) in [5.74, 6) is 1.28. The second kappa shape index (κ2) is 7.23. The number of ether oxygens (including phenoxy) is 2. The largest absolute Gasteiger partial charge is 0.493 e. The number of likely N-dealkylation sites (tertiary alicyclic amines) is 1. The third-order valence-electron chi connectivity index (χ3n) is 5.71. The van der Waals surface area contributed by atoms with Crippen molar-refractivity contribution in [3.63, 3.8) is 0 Å². The summed E-state index contributed by atoms with van der Waals surface area (Å²) in [5.41, 5.74) is 2.20. The first-order chi connectivity index (χ1) is 13.1. The first-order valence-corrected chi connectivity index (χ1v) is 9.55. The lowest BCUT2D eigenvalue weighted by Gasteiger charge is -2.32. The SMILES string of the molecule is COc1cc2[nH]c3c(=O)n(CCN4CCCCC4C)c[nH+]c3c2cc1OC. The zero-order chi connectivity index (χ0) is 19.0. The van der Waals surface area contributed by atoms with Crippen LogP contribution < -0.4 is 20.0 Å². The lowest BCUT2D eigenvalue weighted by atomic mass is 10.0. The summed E-state index contributed by atoms with van der Waals surface area (Å²) < 4.78 is 12.5. The summed E-state index contributed by atoms with van der Waals surface area (Å²) in [7, 11) is 3.21. The molecule has 1 saturated heterocycles. The molecule has 0 radical (unpaired) electrons. The first kappa shape index (κ1) is 17.9. The third-order valence-corrected chi connectivity index (χ3v) is 5.71. The second-order valence-corrected chi connectivity index (χ2v) is 7.28. The van der Waals surface area contributed by atoms with Crippen LogP contribution in [0.3, 0.4) is 0 Å². The number of benzene rings is 1. The van der Waals surface area contributed by atoms with Crippen molar-refractivity contribution in [3.8, 4) is 11.5 Å². The fourth-order valence-corrected chi connectivity index (χ4v) is 4.07. The van der Waals surface area contributed by atoms with E-state index in [1.807, 2.05) is 12.1 Å². The van der Waals surface area contributed by atoms with Crippen LogP contribution in [0.4, 0.5) is 0 Å². The minimum Gasteiger partial charge on any atom is -0.493 e. The Labute approximate surface area is 157 Å². The van der Waals surface area contributed by atoms with Gasteiger partial charge < -0.3 is 14.5 Å². The van der Waals surface area contributed by atoms with E-state index in [0.29, 0.717) is 29.6 Å². The zero-order valence-electron chi connectivity index (χ0n) is 16.2. The molecule has 0 amide bonds. The molecule has 7 heteroatoms. The summed E-state index contributed by atoms with van der Waals surface area (Å²) in [6.45, 7) is 4.96. The Morgan fingerprint density at radius 3 is 2.70 bits per heavy atom. The molecule has 1 aliphatic heterocycles. The van der Waals surface area contributed by atoms with Crippen molar-refractivity contribution < 1.29 is 14.5 Å². The van der Waals surface area contributed by atoms with E-state index < -0.39 is 0 Å². The van der Waals surface area contributed by atoms with Crippen LogP contribution in [0.25, 0.3) is 21.9 Å². The molecule has 0 aliphatic carbocycles. The predicted octanol–water partition coefficient (Wildman–Crippen LogP) is 2.19. The number of fused-ring (bicyclic) bond motifs is 3. The Morgan fingerprint density at radius 2 is 1.96 bits per heavy atom. The zero-order valence-corrected chi connectivity index (χ0v) is 16.2. The summed E-state index contributed by atoms with van der Waals surface area (Å²) in [4.78, 5) is 22.0. The molecule has 0 bridgehead atoms. The number of hydrogen-bond donors (Lipinski definition) is 1. The molecule has 2 aromatic heterocycles. The maximum Gasteiger partial charge on any atom is 0.361 e. The number of hydrogen-bond acceptors (Lipinski definition) is 4. The number of H-pyrrole nitrogens is 2. The van der Waals surface area contributed by atoms with Gasteiger partial charge >= 0.3 is 5.56 Å². The van der Waals surface area contributed by atoms with Gasteiger partial charge in [0.15, 0.2) is 22.5 Å². The molecular formula is C20H27N4O3+. The monoisotopic (exact) mass is 371 g/mol. The van der Waals surface area contributed by atoms with Gasteiger partial charge in [-0.2, -0.15) is 4.57 Å². The van der Waals surface area contributed by atoms with Crippen LogP contribution >= 0.6 is 0 Å². The number of piperidine rings is 1. The molecule has 1 aliphatic rings. The predicted molar refractivity (Wildman–Crippen MR) is 105 cm³/mol. The van der Waals surface area contributed by atoms with E-state index in [2.05, 4.69) is 21.8 Å². The third kappa shape index (κ3) is 3.16. The average Bonchev–Trinajstić information content (AvgIpc) is 3.06. The van der Waals surface area contributed by atoms with Crippen molar-refractivity contribution in [1.29, 1.82) is 0 Å². The Bertz CT molecular complexity index is 1020. The van der Waals surface area contributed by atoms with Crippen LogP contribution in [0, 0.1) is 0 Å². The highest BCUT2D eigenvalue weighted by atomic mass is 16.5. The first-order valence-electron chi connectivity index (χ1n) is 9.55. The molecule has 2 N–H and O–H groups in total. The molecule has 1 aromatic carbocycles. The van der Waals surface area contributed by atoms with Crippen LogP contribution in [-0.2, 0) is 6.54 Å². The lowest BCUT2D eigenvalue weighted by molar-refractivity contribution is -0.352. The average molecular weight is 371 g/mol. The standard InChI is InChI=1S/C20H26N4O3/c1-13-6-4-5-7-23(13)8-9-24-12-21-18-14-10-16(26-2)17(27-3)11-15(14)22-19(18)20(24)25/h10-13,22H,4-9H2,1-3H3/p+1. The van der Waals surface area contributed by atoms with Gasteiger partial charge in [0.25, 0.3) is 0 Å². The molecule has 3 heterocycles. The van der Waals surface area contributed by atoms with E-state index in [4.69, 9.17) is 9.47 Å². The number of nitrogens with zero attached hydrogens (tertiary/aromatic N) is 2. The fraction of sp³-hybridized carbons (Fsp3) is 0.500. The maximum atomic E-state index is 13.0. The Hall–Kier alpha value is -2.54. The fourth-order valence-electron chi connectivity index (χ4n) is 4.07. The smallest absolute Gasteiger partial charge is 0.361 e. The lowest BCUT2D eigenvalue weighted by Crippen LogP contribution is -2.40. The molecular weight excluding hydrogens is 344 g/mol. The second-order valence-electron chi connectivity index (χ2n) is 7.28. The van der Waals surface area contributed by atoms with E-state index in [1.54, 1.807) is 25.1 Å². The van der Waals surface area contributed by atoms with Crippen LogP contribution in [0.2, 0.25) is 0 Å². The van der Waals surface area contributed by atoms with Crippen molar-refractivity contribution in [2.75, 3.05) is 27.3 Å². The minimum absolute atomic E-state index is 0.0115. The van der Waals surface area contributed by atoms with Gasteiger partial charge in [0.2, 0.25) is 6.33 Å². The molecule has 1 atom stereocenters. The summed E-state index contributed by atoms with van der Waals surface area (Å²) in [6, 6.07) is 4.35. The molecule has 1 unspecified atom stereocenters. The molecule has 144 valence electrons. The van der Waals surface area contributed by atoms with Crippen LogP contribution in [0.1, 0.15) is 26.2 Å². The van der Waals surface area contributed by atoms with Crippen LogP contribution in [0.15, 0.2) is 23.3 Å². The Morgan fingerprint density at radius 1 is 1.19 bits per heavy atom. The quantitative estimate of drug-likeness (QED) is 0.746. The molecule has 1 fully saturated rings.